The zero-order chi connectivity index (χ0) is 18.5. The minimum Gasteiger partial charge on any atom is -0.340 e. The summed E-state index contributed by atoms with van der Waals surface area (Å²) in [6, 6.07) is 15.4. The summed E-state index contributed by atoms with van der Waals surface area (Å²) in [4.78, 5) is 22.9. The van der Waals surface area contributed by atoms with E-state index in [0.29, 0.717) is 28.8 Å². The second kappa shape index (κ2) is 7.97. The first kappa shape index (κ1) is 17.9. The number of anilines is 2. The molecule has 0 unspecified atom stereocenters. The largest absolute Gasteiger partial charge is 0.340 e. The van der Waals surface area contributed by atoms with Gasteiger partial charge in [-0.1, -0.05) is 48.0 Å². The summed E-state index contributed by atoms with van der Waals surface area (Å²) < 4.78 is 0. The normalized spacial score (nSPS) is 10.4. The van der Waals surface area contributed by atoms with Crippen molar-refractivity contribution in [2.24, 2.45) is 0 Å². The van der Waals surface area contributed by atoms with E-state index < -0.39 is 0 Å². The van der Waals surface area contributed by atoms with E-state index in [1.807, 2.05) is 55.3 Å². The molecule has 5 nitrogen and oxygen atoms in total. The highest BCUT2D eigenvalue weighted by Crippen LogP contribution is 2.21. The molecule has 0 bridgehead atoms. The average Bonchev–Trinajstić information content (AvgIpc) is 2.65. The number of hydrogen-bond acceptors (Lipinski definition) is 4. The molecule has 2 aromatic carbocycles. The maximum absolute atomic E-state index is 12.4. The molecule has 0 spiro atoms. The number of rotatable bonds is 5. The molecule has 0 aliphatic heterocycles. The molecule has 1 heterocycles. The zero-order valence-electron chi connectivity index (χ0n) is 14.6. The van der Waals surface area contributed by atoms with E-state index in [1.54, 1.807) is 12.1 Å². The third-order valence-corrected chi connectivity index (χ3v) is 4.19. The number of aryl methyl sites for hydroxylation is 1. The fourth-order valence-corrected chi connectivity index (χ4v) is 2.66. The van der Waals surface area contributed by atoms with Gasteiger partial charge in [-0.05, 0) is 30.2 Å². The number of halogens is 1. The maximum atomic E-state index is 12.4. The van der Waals surface area contributed by atoms with Crippen LogP contribution in [0.4, 0.5) is 11.6 Å². The van der Waals surface area contributed by atoms with Crippen LogP contribution in [-0.4, -0.2) is 22.9 Å². The van der Waals surface area contributed by atoms with E-state index in [2.05, 4.69) is 15.3 Å². The fraction of sp³-hybridized carbons (Fsp3) is 0.150. The van der Waals surface area contributed by atoms with Gasteiger partial charge < -0.3 is 10.2 Å². The van der Waals surface area contributed by atoms with Crippen LogP contribution in [0.15, 0.2) is 60.9 Å². The van der Waals surface area contributed by atoms with Gasteiger partial charge in [0.2, 0.25) is 5.95 Å². The molecule has 0 fully saturated rings. The molecule has 1 amide bonds. The van der Waals surface area contributed by atoms with Crippen LogP contribution in [0.5, 0.6) is 0 Å². The van der Waals surface area contributed by atoms with Crippen molar-refractivity contribution in [3.63, 3.8) is 0 Å². The summed E-state index contributed by atoms with van der Waals surface area (Å²) >= 11 is 5.99. The number of aromatic nitrogens is 2. The maximum Gasteiger partial charge on any atom is 0.258 e. The fourth-order valence-electron chi connectivity index (χ4n) is 2.49. The number of benzene rings is 2. The summed E-state index contributed by atoms with van der Waals surface area (Å²) in [5.74, 6) is 0.289. The summed E-state index contributed by atoms with van der Waals surface area (Å²) in [5, 5.41) is 3.41. The number of amides is 1. The average molecular weight is 367 g/mol. The van der Waals surface area contributed by atoms with Crippen LogP contribution in [0.25, 0.3) is 0 Å². The monoisotopic (exact) mass is 366 g/mol. The highest BCUT2D eigenvalue weighted by atomic mass is 35.5. The molecular formula is C20H19ClN4O. The predicted molar refractivity (Wildman–Crippen MR) is 105 cm³/mol. The first-order valence-corrected chi connectivity index (χ1v) is 8.55. The molecule has 0 saturated carbocycles. The molecule has 3 rings (SSSR count). The predicted octanol–water partition coefficient (Wildman–Crippen LogP) is 4.33. The lowest BCUT2D eigenvalue weighted by atomic mass is 10.2. The van der Waals surface area contributed by atoms with Gasteiger partial charge in [-0.2, -0.15) is 0 Å². The quantitative estimate of drug-likeness (QED) is 0.730. The number of carbonyl (C=O) groups excluding carboxylic acids is 1. The molecular weight excluding hydrogens is 348 g/mol. The third-order valence-electron chi connectivity index (χ3n) is 3.95. The first-order valence-electron chi connectivity index (χ1n) is 8.17. The number of nitrogens with one attached hydrogen (secondary N) is 1. The molecule has 1 N–H and O–H groups in total. The molecule has 132 valence electrons. The third kappa shape index (κ3) is 4.37. The van der Waals surface area contributed by atoms with Gasteiger partial charge in [0, 0.05) is 36.7 Å². The Morgan fingerprint density at radius 3 is 2.50 bits per heavy atom. The highest BCUT2D eigenvalue weighted by Gasteiger charge is 2.11. The number of carbonyl (C=O) groups is 1. The van der Waals surface area contributed by atoms with E-state index in [9.17, 15) is 4.79 Å². The Balaban J connectivity index is 1.68. The Morgan fingerprint density at radius 2 is 1.81 bits per heavy atom. The summed E-state index contributed by atoms with van der Waals surface area (Å²) in [6.07, 6.45) is 3.05. The number of nitrogens with zero attached hydrogens (tertiary/aromatic N) is 3. The molecule has 6 heteroatoms. The van der Waals surface area contributed by atoms with Gasteiger partial charge in [0.1, 0.15) is 0 Å². The Labute approximate surface area is 157 Å². The van der Waals surface area contributed by atoms with Gasteiger partial charge in [-0.3, -0.25) is 4.79 Å². The van der Waals surface area contributed by atoms with Gasteiger partial charge in [0.05, 0.1) is 5.56 Å². The van der Waals surface area contributed by atoms with Crippen molar-refractivity contribution in [3.8, 4) is 0 Å². The summed E-state index contributed by atoms with van der Waals surface area (Å²) in [5.41, 5.74) is 3.16. The van der Waals surface area contributed by atoms with Gasteiger partial charge >= 0.3 is 0 Å². The lowest BCUT2D eigenvalue weighted by Crippen LogP contribution is -2.20. The smallest absolute Gasteiger partial charge is 0.258 e. The van der Waals surface area contributed by atoms with Crippen molar-refractivity contribution in [3.05, 3.63) is 82.6 Å². The molecule has 0 aliphatic rings. The van der Waals surface area contributed by atoms with Crippen LogP contribution in [0, 0.1) is 6.92 Å². The number of hydrogen-bond donors (Lipinski definition) is 1. The summed E-state index contributed by atoms with van der Waals surface area (Å²) in [6.45, 7) is 2.60. The van der Waals surface area contributed by atoms with Crippen LogP contribution in [0.1, 0.15) is 21.5 Å². The van der Waals surface area contributed by atoms with E-state index in [0.717, 1.165) is 11.1 Å². The van der Waals surface area contributed by atoms with Crippen molar-refractivity contribution in [2.45, 2.75) is 13.5 Å². The second-order valence-corrected chi connectivity index (χ2v) is 6.46. The lowest BCUT2D eigenvalue weighted by molar-refractivity contribution is 0.102. The van der Waals surface area contributed by atoms with Gasteiger partial charge in [-0.25, -0.2) is 9.97 Å². The molecule has 0 saturated heterocycles. The van der Waals surface area contributed by atoms with E-state index in [4.69, 9.17) is 11.6 Å². The molecule has 1 aromatic heterocycles. The van der Waals surface area contributed by atoms with Crippen LogP contribution < -0.4 is 10.2 Å². The van der Waals surface area contributed by atoms with Crippen LogP contribution in [0.2, 0.25) is 5.02 Å². The van der Waals surface area contributed by atoms with Crippen molar-refractivity contribution < 1.29 is 4.79 Å². The Bertz CT molecular complexity index is 897. The van der Waals surface area contributed by atoms with Gasteiger partial charge in [-0.15, -0.1) is 0 Å². The Kier molecular flexibility index (Phi) is 5.49. The zero-order valence-corrected chi connectivity index (χ0v) is 15.4. The van der Waals surface area contributed by atoms with Crippen LogP contribution in [-0.2, 0) is 6.54 Å². The topological polar surface area (TPSA) is 58.1 Å². The Morgan fingerprint density at radius 1 is 1.12 bits per heavy atom. The van der Waals surface area contributed by atoms with Crippen molar-refractivity contribution in [2.75, 3.05) is 17.3 Å². The van der Waals surface area contributed by atoms with Crippen LogP contribution >= 0.6 is 11.6 Å². The van der Waals surface area contributed by atoms with Crippen molar-refractivity contribution in [1.82, 2.24) is 9.97 Å². The molecule has 3 aromatic rings. The van der Waals surface area contributed by atoms with E-state index >= 15 is 0 Å². The Hall–Kier alpha value is -2.92. The standard InChI is InChI=1S/C20H19ClN4O/c1-14-8-9-17(21)10-18(14)24-19(26)16-11-22-20(23-12-16)25(2)13-15-6-4-3-5-7-15/h3-12H,13H2,1-2H3,(H,24,26). The molecule has 26 heavy (non-hydrogen) atoms. The SMILES string of the molecule is Cc1ccc(Cl)cc1NC(=O)c1cnc(N(C)Cc2ccccc2)nc1. The van der Waals surface area contributed by atoms with Gasteiger partial charge in [0.15, 0.2) is 0 Å². The van der Waals surface area contributed by atoms with E-state index in [-0.39, 0.29) is 5.91 Å². The van der Waals surface area contributed by atoms with E-state index in [1.165, 1.54) is 12.4 Å². The molecule has 0 aliphatic carbocycles. The first-order chi connectivity index (χ1) is 12.5. The summed E-state index contributed by atoms with van der Waals surface area (Å²) in [7, 11) is 1.91. The van der Waals surface area contributed by atoms with Crippen molar-refractivity contribution in [1.29, 1.82) is 0 Å². The highest BCUT2D eigenvalue weighted by molar-refractivity contribution is 6.31. The molecule has 0 radical (unpaired) electrons. The molecule has 0 atom stereocenters. The van der Waals surface area contributed by atoms with Crippen LogP contribution in [0.3, 0.4) is 0 Å². The lowest BCUT2D eigenvalue weighted by Gasteiger charge is -2.17. The second-order valence-electron chi connectivity index (χ2n) is 6.03. The van der Waals surface area contributed by atoms with Crippen molar-refractivity contribution >= 4 is 29.1 Å². The minimum absolute atomic E-state index is 0.271. The van der Waals surface area contributed by atoms with Gasteiger partial charge in [0.25, 0.3) is 5.91 Å². The minimum atomic E-state index is -0.271.